The van der Waals surface area contributed by atoms with Gasteiger partial charge in [0.25, 0.3) is 9.05 Å². The van der Waals surface area contributed by atoms with Gasteiger partial charge in [0.15, 0.2) is 5.04 Å². The molecule has 0 amide bonds. The molecule has 0 fully saturated rings. The summed E-state index contributed by atoms with van der Waals surface area (Å²) in [4.78, 5) is -0.211. The fraction of sp³-hybridized carbons (Fsp3) is 0. The second kappa shape index (κ2) is 4.40. The van der Waals surface area contributed by atoms with Gasteiger partial charge < -0.3 is 4.55 Å². The van der Waals surface area contributed by atoms with Gasteiger partial charge in [-0.15, -0.1) is 0 Å². The van der Waals surface area contributed by atoms with Gasteiger partial charge in [0, 0.05) is 16.2 Å². The fourth-order valence-corrected chi connectivity index (χ4v) is 2.02. The van der Waals surface area contributed by atoms with Crippen LogP contribution in [0.25, 0.3) is 0 Å². The maximum Gasteiger partial charge on any atom is 0.261 e. The van der Waals surface area contributed by atoms with Crippen LogP contribution in [0.2, 0.25) is 0 Å². The van der Waals surface area contributed by atoms with E-state index in [0.29, 0.717) is 0 Å². The molecule has 0 aliphatic carbocycles. The van der Waals surface area contributed by atoms with E-state index in [4.69, 9.17) is 20.6 Å². The Morgan fingerprint density at radius 2 is 2.07 bits per heavy atom. The highest BCUT2D eigenvalue weighted by Gasteiger charge is 2.13. The maximum absolute atomic E-state index is 10.9. The quantitative estimate of drug-likeness (QED) is 0.364. The summed E-state index contributed by atoms with van der Waals surface area (Å²) in [5.41, 5.74) is 0.0394. The van der Waals surface area contributed by atoms with Crippen LogP contribution in [-0.4, -0.2) is 22.2 Å². The molecule has 0 aromatic heterocycles. The van der Waals surface area contributed by atoms with E-state index in [2.05, 4.69) is 0 Å². The monoisotopic (exact) mass is 267 g/mol. The van der Waals surface area contributed by atoms with E-state index in [-0.39, 0.29) is 10.5 Å². The lowest BCUT2D eigenvalue weighted by atomic mass is 10.2. The molecular formula is C7H6ClNO4S2. The molecule has 8 heteroatoms. The first-order valence-corrected chi connectivity index (χ1v) is 6.98. The van der Waals surface area contributed by atoms with Gasteiger partial charge in [0.1, 0.15) is 0 Å². The molecule has 0 bridgehead atoms. The zero-order valence-corrected chi connectivity index (χ0v) is 9.56. The Labute approximate surface area is 93.3 Å². The van der Waals surface area contributed by atoms with Crippen LogP contribution in [0.4, 0.5) is 0 Å². The Kier molecular flexibility index (Phi) is 3.61. The SMILES string of the molecule is N=C(c1cccc(S(=O)(=O)Cl)c1)S(=O)O. The minimum absolute atomic E-state index is 0.0394. The molecule has 2 N–H and O–H groups in total. The van der Waals surface area contributed by atoms with Gasteiger partial charge in [0.2, 0.25) is 11.1 Å². The van der Waals surface area contributed by atoms with Crippen molar-refractivity contribution in [1.29, 1.82) is 5.41 Å². The third kappa shape index (κ3) is 3.10. The van der Waals surface area contributed by atoms with E-state index in [1.165, 1.54) is 18.2 Å². The first kappa shape index (κ1) is 12.3. The highest BCUT2D eigenvalue weighted by molar-refractivity contribution is 8.13. The Bertz CT molecular complexity index is 526. The molecule has 0 spiro atoms. The summed E-state index contributed by atoms with van der Waals surface area (Å²) in [6, 6.07) is 4.99. The average Bonchev–Trinajstić information content (AvgIpc) is 2.15. The topological polar surface area (TPSA) is 95.3 Å². The van der Waals surface area contributed by atoms with Crippen molar-refractivity contribution >= 4 is 35.9 Å². The van der Waals surface area contributed by atoms with Gasteiger partial charge in [-0.1, -0.05) is 12.1 Å². The highest BCUT2D eigenvalue weighted by atomic mass is 35.7. The van der Waals surface area contributed by atoms with Crippen molar-refractivity contribution in [3.8, 4) is 0 Å². The van der Waals surface area contributed by atoms with Crippen molar-refractivity contribution < 1.29 is 17.2 Å². The van der Waals surface area contributed by atoms with E-state index in [1.54, 1.807) is 0 Å². The highest BCUT2D eigenvalue weighted by Crippen LogP contribution is 2.16. The summed E-state index contributed by atoms with van der Waals surface area (Å²) in [5, 5.41) is 6.63. The standard InChI is InChI=1S/C7H6ClNO4S2/c8-15(12,13)6-3-1-2-5(4-6)7(9)14(10)11/h1-4,9H,(H,10,11). The molecule has 0 radical (unpaired) electrons. The van der Waals surface area contributed by atoms with Crippen LogP contribution in [0.5, 0.6) is 0 Å². The normalized spacial score (nSPS) is 13.5. The van der Waals surface area contributed by atoms with Crippen molar-refractivity contribution in [1.82, 2.24) is 0 Å². The predicted octanol–water partition coefficient (Wildman–Crippen LogP) is 1.16. The number of hydrogen-bond donors (Lipinski definition) is 2. The van der Waals surface area contributed by atoms with Gasteiger partial charge in [-0.05, 0) is 12.1 Å². The molecule has 82 valence electrons. The van der Waals surface area contributed by atoms with Crippen LogP contribution in [0.1, 0.15) is 5.56 Å². The molecular weight excluding hydrogens is 262 g/mol. The minimum Gasteiger partial charge on any atom is -0.301 e. The van der Waals surface area contributed by atoms with Crippen LogP contribution < -0.4 is 0 Å². The molecule has 0 aliphatic rings. The smallest absolute Gasteiger partial charge is 0.261 e. The summed E-state index contributed by atoms with van der Waals surface area (Å²) in [6.45, 7) is 0. The van der Waals surface area contributed by atoms with Crippen molar-refractivity contribution in [2.45, 2.75) is 4.90 Å². The van der Waals surface area contributed by atoms with E-state index in [1.807, 2.05) is 0 Å². The van der Waals surface area contributed by atoms with E-state index in [9.17, 15) is 12.6 Å². The maximum atomic E-state index is 10.9. The summed E-state index contributed by atoms with van der Waals surface area (Å²) in [7, 11) is 1.19. The lowest BCUT2D eigenvalue weighted by Gasteiger charge is -2.01. The fourth-order valence-electron chi connectivity index (χ4n) is 0.890. The zero-order valence-electron chi connectivity index (χ0n) is 7.18. The number of rotatable bonds is 2. The van der Waals surface area contributed by atoms with Crippen molar-refractivity contribution in [2.75, 3.05) is 0 Å². The van der Waals surface area contributed by atoms with E-state index < -0.39 is 25.2 Å². The molecule has 15 heavy (non-hydrogen) atoms. The van der Waals surface area contributed by atoms with E-state index in [0.717, 1.165) is 6.07 Å². The first-order chi connectivity index (χ1) is 6.82. The average molecular weight is 268 g/mol. The van der Waals surface area contributed by atoms with E-state index >= 15 is 0 Å². The van der Waals surface area contributed by atoms with Gasteiger partial charge in [-0.2, -0.15) is 0 Å². The third-order valence-corrected chi connectivity index (χ3v) is 3.49. The van der Waals surface area contributed by atoms with Crippen molar-refractivity contribution in [2.24, 2.45) is 0 Å². The molecule has 1 aromatic carbocycles. The van der Waals surface area contributed by atoms with Crippen LogP contribution in [-0.2, 0) is 20.1 Å². The lowest BCUT2D eigenvalue weighted by molar-refractivity contribution is 0.577. The van der Waals surface area contributed by atoms with Gasteiger partial charge >= 0.3 is 0 Å². The Hall–Kier alpha value is -0.760. The Morgan fingerprint density at radius 3 is 2.53 bits per heavy atom. The minimum atomic E-state index is -3.89. The van der Waals surface area contributed by atoms with Crippen LogP contribution >= 0.6 is 10.7 Å². The molecule has 1 aromatic rings. The molecule has 0 aliphatic heterocycles. The van der Waals surface area contributed by atoms with Crippen LogP contribution in [0.15, 0.2) is 29.2 Å². The number of benzene rings is 1. The summed E-state index contributed by atoms with van der Waals surface area (Å²) < 4.78 is 41.1. The molecule has 0 saturated carbocycles. The van der Waals surface area contributed by atoms with Crippen LogP contribution in [0.3, 0.4) is 0 Å². The number of hydrogen-bond acceptors (Lipinski definition) is 4. The second-order valence-electron chi connectivity index (χ2n) is 2.54. The van der Waals surface area contributed by atoms with Crippen molar-refractivity contribution in [3.05, 3.63) is 29.8 Å². The van der Waals surface area contributed by atoms with Gasteiger partial charge in [0.05, 0.1) is 4.90 Å². The van der Waals surface area contributed by atoms with Crippen molar-refractivity contribution in [3.63, 3.8) is 0 Å². The molecule has 0 saturated heterocycles. The molecule has 0 heterocycles. The predicted molar refractivity (Wildman–Crippen MR) is 57.1 cm³/mol. The second-order valence-corrected chi connectivity index (χ2v) is 6.02. The summed E-state index contributed by atoms with van der Waals surface area (Å²) >= 11 is -2.45. The first-order valence-electron chi connectivity index (χ1n) is 3.57. The number of halogens is 1. The summed E-state index contributed by atoms with van der Waals surface area (Å²) in [5.74, 6) is 0. The van der Waals surface area contributed by atoms with Gasteiger partial charge in [-0.25, -0.2) is 12.6 Å². The lowest BCUT2D eigenvalue weighted by Crippen LogP contribution is -2.06. The van der Waals surface area contributed by atoms with Crippen LogP contribution in [0, 0.1) is 5.41 Å². The largest absolute Gasteiger partial charge is 0.301 e. The molecule has 5 nitrogen and oxygen atoms in total. The molecule has 1 rings (SSSR count). The molecule has 1 atom stereocenters. The number of nitrogens with one attached hydrogen (secondary N) is 1. The molecule has 1 unspecified atom stereocenters. The van der Waals surface area contributed by atoms with Gasteiger partial charge in [-0.3, -0.25) is 5.41 Å². The zero-order chi connectivity index (χ0) is 11.6. The summed E-state index contributed by atoms with van der Waals surface area (Å²) in [6.07, 6.45) is 0. The Morgan fingerprint density at radius 1 is 1.47 bits per heavy atom. The Balaban J connectivity index is 3.26. The third-order valence-electron chi connectivity index (χ3n) is 1.55.